The van der Waals surface area contributed by atoms with Gasteiger partial charge in [-0.15, -0.1) is 24.8 Å². The molecule has 1 aromatic heterocycles. The molecule has 0 saturated carbocycles. The number of likely N-dealkylation sites (tertiary alicyclic amines) is 1. The van der Waals surface area contributed by atoms with Crippen LogP contribution < -0.4 is 5.73 Å². The van der Waals surface area contributed by atoms with Gasteiger partial charge in [-0.3, -0.25) is 4.90 Å². The summed E-state index contributed by atoms with van der Waals surface area (Å²) >= 11 is 0. The zero-order chi connectivity index (χ0) is 13.3. The van der Waals surface area contributed by atoms with Crippen LogP contribution in [0.1, 0.15) is 45.2 Å². The maximum atomic E-state index is 6.19. The molecule has 2 rings (SSSR count). The van der Waals surface area contributed by atoms with E-state index in [1.54, 1.807) is 6.26 Å². The van der Waals surface area contributed by atoms with Crippen LogP contribution in [0.25, 0.3) is 0 Å². The fourth-order valence-corrected chi connectivity index (χ4v) is 2.67. The number of halogens is 2. The standard InChI is InChI=1S/C14H25N3O.2ClH/c1-9(2)12-6-17(7-13(12)15)5-11-8-18-14(16-11)10(3)4;;/h8-10,12-13H,5-7,15H2,1-4H3;2*1H/t12-,13+;;/m1../s1. The molecular weight excluding hydrogens is 297 g/mol. The summed E-state index contributed by atoms with van der Waals surface area (Å²) in [6.07, 6.45) is 1.78. The van der Waals surface area contributed by atoms with Crippen LogP contribution in [0.15, 0.2) is 10.7 Å². The van der Waals surface area contributed by atoms with Crippen molar-refractivity contribution in [3.05, 3.63) is 17.8 Å². The second-order valence-corrected chi connectivity index (χ2v) is 6.10. The minimum atomic E-state index is 0. The lowest BCUT2D eigenvalue weighted by atomic mass is 9.92. The van der Waals surface area contributed by atoms with Crippen molar-refractivity contribution < 1.29 is 4.42 Å². The van der Waals surface area contributed by atoms with Crippen LogP contribution in [0.2, 0.25) is 0 Å². The molecule has 6 heteroatoms. The van der Waals surface area contributed by atoms with Crippen molar-refractivity contribution in [1.29, 1.82) is 0 Å². The van der Waals surface area contributed by atoms with E-state index in [2.05, 4.69) is 37.6 Å². The molecule has 0 aromatic carbocycles. The molecule has 0 radical (unpaired) electrons. The summed E-state index contributed by atoms with van der Waals surface area (Å²) < 4.78 is 5.47. The van der Waals surface area contributed by atoms with Gasteiger partial charge in [0, 0.05) is 31.6 Å². The molecule has 0 bridgehead atoms. The Balaban J connectivity index is 0.00000180. The smallest absolute Gasteiger partial charge is 0.196 e. The fourth-order valence-electron chi connectivity index (χ4n) is 2.67. The molecule has 2 atom stereocenters. The SMILES string of the molecule is CC(C)c1nc(CN2C[C@H](C(C)C)[C@@H](N)C2)co1.Cl.Cl. The lowest BCUT2D eigenvalue weighted by Gasteiger charge is -2.18. The lowest BCUT2D eigenvalue weighted by Crippen LogP contribution is -2.32. The monoisotopic (exact) mass is 323 g/mol. The lowest BCUT2D eigenvalue weighted by molar-refractivity contribution is 0.293. The van der Waals surface area contributed by atoms with E-state index in [9.17, 15) is 0 Å². The van der Waals surface area contributed by atoms with E-state index < -0.39 is 0 Å². The average Bonchev–Trinajstić information content (AvgIpc) is 2.86. The van der Waals surface area contributed by atoms with Crippen LogP contribution in [0.3, 0.4) is 0 Å². The maximum absolute atomic E-state index is 6.19. The Morgan fingerprint density at radius 3 is 2.40 bits per heavy atom. The number of hydrogen-bond donors (Lipinski definition) is 1. The summed E-state index contributed by atoms with van der Waals surface area (Å²) in [5.74, 6) is 2.42. The predicted molar refractivity (Wildman–Crippen MR) is 86.7 cm³/mol. The molecule has 4 nitrogen and oxygen atoms in total. The molecule has 1 saturated heterocycles. The first kappa shape index (κ1) is 19.7. The molecule has 2 heterocycles. The van der Waals surface area contributed by atoms with E-state index >= 15 is 0 Å². The Kier molecular flexibility index (Phi) is 8.11. The van der Waals surface area contributed by atoms with Crippen molar-refractivity contribution in [3.8, 4) is 0 Å². The first-order valence-corrected chi connectivity index (χ1v) is 6.89. The number of hydrogen-bond acceptors (Lipinski definition) is 4. The summed E-state index contributed by atoms with van der Waals surface area (Å²) in [5, 5.41) is 0. The summed E-state index contributed by atoms with van der Waals surface area (Å²) in [7, 11) is 0. The van der Waals surface area contributed by atoms with Crippen molar-refractivity contribution in [2.45, 2.75) is 46.2 Å². The third-order valence-electron chi connectivity index (χ3n) is 3.79. The normalized spacial score (nSPS) is 22.9. The van der Waals surface area contributed by atoms with Gasteiger partial charge in [0.1, 0.15) is 6.26 Å². The highest BCUT2D eigenvalue weighted by Crippen LogP contribution is 2.24. The first-order chi connectivity index (χ1) is 8.47. The number of nitrogens with two attached hydrogens (primary N) is 1. The van der Waals surface area contributed by atoms with Gasteiger partial charge in [0.15, 0.2) is 5.89 Å². The van der Waals surface area contributed by atoms with Gasteiger partial charge < -0.3 is 10.2 Å². The van der Waals surface area contributed by atoms with Gasteiger partial charge >= 0.3 is 0 Å². The first-order valence-electron chi connectivity index (χ1n) is 6.89. The van der Waals surface area contributed by atoms with E-state index in [-0.39, 0.29) is 24.8 Å². The number of nitrogens with zero attached hydrogens (tertiary/aromatic N) is 2. The van der Waals surface area contributed by atoms with Crippen LogP contribution in [-0.4, -0.2) is 29.0 Å². The highest BCUT2D eigenvalue weighted by Gasteiger charge is 2.32. The summed E-state index contributed by atoms with van der Waals surface area (Å²) in [6.45, 7) is 11.6. The highest BCUT2D eigenvalue weighted by atomic mass is 35.5. The van der Waals surface area contributed by atoms with Crippen molar-refractivity contribution in [2.24, 2.45) is 17.6 Å². The molecule has 0 spiro atoms. The quantitative estimate of drug-likeness (QED) is 0.925. The fraction of sp³-hybridized carbons (Fsp3) is 0.786. The molecular formula is C14H27Cl2N3O. The van der Waals surface area contributed by atoms with E-state index in [1.165, 1.54) is 0 Å². The molecule has 20 heavy (non-hydrogen) atoms. The van der Waals surface area contributed by atoms with Crippen LogP contribution >= 0.6 is 24.8 Å². The van der Waals surface area contributed by atoms with Gasteiger partial charge in [0.25, 0.3) is 0 Å². The molecule has 1 fully saturated rings. The Bertz CT molecular complexity index is 396. The molecule has 2 N–H and O–H groups in total. The maximum Gasteiger partial charge on any atom is 0.196 e. The topological polar surface area (TPSA) is 55.3 Å². The minimum absolute atomic E-state index is 0. The van der Waals surface area contributed by atoms with Gasteiger partial charge in [-0.25, -0.2) is 4.98 Å². The molecule has 1 aliphatic rings. The Labute approximate surface area is 134 Å². The molecule has 0 aliphatic carbocycles. The van der Waals surface area contributed by atoms with Crippen molar-refractivity contribution in [3.63, 3.8) is 0 Å². The van der Waals surface area contributed by atoms with Gasteiger partial charge in [-0.2, -0.15) is 0 Å². The highest BCUT2D eigenvalue weighted by molar-refractivity contribution is 5.85. The molecule has 118 valence electrons. The van der Waals surface area contributed by atoms with Gasteiger partial charge in [-0.05, 0) is 11.8 Å². The van der Waals surface area contributed by atoms with E-state index in [1.807, 2.05) is 0 Å². The van der Waals surface area contributed by atoms with Crippen LogP contribution in [0.5, 0.6) is 0 Å². The van der Waals surface area contributed by atoms with Gasteiger partial charge in [-0.1, -0.05) is 27.7 Å². The zero-order valence-corrected chi connectivity index (χ0v) is 14.3. The van der Waals surface area contributed by atoms with Crippen LogP contribution in [-0.2, 0) is 6.54 Å². The predicted octanol–water partition coefficient (Wildman–Crippen LogP) is 3.06. The van der Waals surface area contributed by atoms with Crippen molar-refractivity contribution >= 4 is 24.8 Å². The third-order valence-corrected chi connectivity index (χ3v) is 3.79. The van der Waals surface area contributed by atoms with Gasteiger partial charge in [0.2, 0.25) is 0 Å². The second-order valence-electron chi connectivity index (χ2n) is 6.10. The van der Waals surface area contributed by atoms with E-state index in [4.69, 9.17) is 10.2 Å². The third kappa shape index (κ3) is 4.62. The van der Waals surface area contributed by atoms with E-state index in [0.717, 1.165) is 31.2 Å². The summed E-state index contributed by atoms with van der Waals surface area (Å²) in [6, 6.07) is 0.293. The van der Waals surface area contributed by atoms with Crippen LogP contribution in [0.4, 0.5) is 0 Å². The van der Waals surface area contributed by atoms with E-state index in [0.29, 0.717) is 23.8 Å². The van der Waals surface area contributed by atoms with Crippen LogP contribution in [0, 0.1) is 11.8 Å². The van der Waals surface area contributed by atoms with Crippen molar-refractivity contribution in [2.75, 3.05) is 13.1 Å². The number of aromatic nitrogens is 1. The molecule has 1 aliphatic heterocycles. The molecule has 0 amide bonds. The largest absolute Gasteiger partial charge is 0.448 e. The van der Waals surface area contributed by atoms with Gasteiger partial charge in [0.05, 0.1) is 5.69 Å². The average molecular weight is 324 g/mol. The Morgan fingerprint density at radius 2 is 1.95 bits per heavy atom. The minimum Gasteiger partial charge on any atom is -0.448 e. The molecule has 0 unspecified atom stereocenters. The summed E-state index contributed by atoms with van der Waals surface area (Å²) in [5.41, 5.74) is 7.22. The number of oxazole rings is 1. The van der Waals surface area contributed by atoms with Crippen molar-refractivity contribution in [1.82, 2.24) is 9.88 Å². The number of rotatable bonds is 4. The Hall–Kier alpha value is -0.290. The Morgan fingerprint density at radius 1 is 1.30 bits per heavy atom. The zero-order valence-electron chi connectivity index (χ0n) is 12.7. The second kappa shape index (κ2) is 8.23. The molecule has 1 aromatic rings. The summed E-state index contributed by atoms with van der Waals surface area (Å²) in [4.78, 5) is 6.91.